The van der Waals surface area contributed by atoms with Gasteiger partial charge in [0.05, 0.1) is 6.10 Å². The quantitative estimate of drug-likeness (QED) is 0.846. The molecule has 4 nitrogen and oxygen atoms in total. The highest BCUT2D eigenvalue weighted by Crippen LogP contribution is 2.19. The monoisotopic (exact) mass is 227 g/mol. The molecule has 84 valence electrons. The first-order chi connectivity index (χ1) is 7.38. The van der Waals surface area contributed by atoms with Crippen molar-refractivity contribution in [3.05, 3.63) is 10.0 Å². The van der Waals surface area contributed by atoms with Crippen LogP contribution in [-0.4, -0.2) is 22.9 Å². The van der Waals surface area contributed by atoms with Crippen molar-refractivity contribution in [1.82, 2.24) is 10.2 Å². The van der Waals surface area contributed by atoms with Crippen LogP contribution in [0.3, 0.4) is 0 Å². The zero-order valence-electron chi connectivity index (χ0n) is 8.82. The predicted octanol–water partition coefficient (Wildman–Crippen LogP) is 1.50. The lowest BCUT2D eigenvalue weighted by molar-refractivity contribution is 0.0115. The van der Waals surface area contributed by atoms with Gasteiger partial charge in [-0.05, 0) is 25.7 Å². The van der Waals surface area contributed by atoms with Gasteiger partial charge in [0.1, 0.15) is 10.0 Å². The number of aromatic nitrogens is 2. The zero-order chi connectivity index (χ0) is 10.5. The third kappa shape index (κ3) is 3.22. The van der Waals surface area contributed by atoms with Crippen molar-refractivity contribution >= 4 is 11.3 Å². The lowest BCUT2D eigenvalue weighted by atomic mass is 10.1. The van der Waals surface area contributed by atoms with Gasteiger partial charge in [0.2, 0.25) is 0 Å². The molecule has 5 heteroatoms. The number of ether oxygens (including phenoxy) is 1. The van der Waals surface area contributed by atoms with Crippen LogP contribution >= 0.6 is 11.3 Å². The molecule has 1 unspecified atom stereocenters. The maximum atomic E-state index is 5.66. The summed E-state index contributed by atoms with van der Waals surface area (Å²) < 4.78 is 5.66. The fourth-order valence-electron chi connectivity index (χ4n) is 1.79. The number of hydrogen-bond acceptors (Lipinski definition) is 5. The molecular weight excluding hydrogens is 210 g/mol. The molecule has 2 N–H and O–H groups in total. The Morgan fingerprint density at radius 2 is 2.20 bits per heavy atom. The van der Waals surface area contributed by atoms with E-state index in [4.69, 9.17) is 10.5 Å². The highest BCUT2D eigenvalue weighted by Gasteiger charge is 2.14. The van der Waals surface area contributed by atoms with E-state index in [0.717, 1.165) is 29.5 Å². The molecule has 0 bridgehead atoms. The second-order valence-electron chi connectivity index (χ2n) is 3.82. The first kappa shape index (κ1) is 11.0. The van der Waals surface area contributed by atoms with Crippen LogP contribution in [0, 0.1) is 0 Å². The summed E-state index contributed by atoms with van der Waals surface area (Å²) in [5.74, 6) is 0. The van der Waals surface area contributed by atoms with Gasteiger partial charge in [-0.1, -0.05) is 0 Å². The summed E-state index contributed by atoms with van der Waals surface area (Å²) in [4.78, 5) is 0. The van der Waals surface area contributed by atoms with Crippen LogP contribution in [0.15, 0.2) is 0 Å². The molecule has 1 aromatic rings. The Kier molecular flexibility index (Phi) is 4.05. The minimum absolute atomic E-state index is 0.434. The van der Waals surface area contributed by atoms with Crippen LogP contribution < -0.4 is 5.73 Å². The Balaban J connectivity index is 1.76. The molecule has 15 heavy (non-hydrogen) atoms. The van der Waals surface area contributed by atoms with Crippen molar-refractivity contribution in [3.8, 4) is 0 Å². The van der Waals surface area contributed by atoms with Gasteiger partial charge in [-0.2, -0.15) is 0 Å². The van der Waals surface area contributed by atoms with Crippen LogP contribution in [-0.2, 0) is 17.7 Å². The molecule has 1 atom stereocenters. The molecular formula is C10H17N3OS. The zero-order valence-corrected chi connectivity index (χ0v) is 9.63. The third-order valence-electron chi connectivity index (χ3n) is 2.64. The molecule has 0 radical (unpaired) electrons. The fourth-order valence-corrected chi connectivity index (χ4v) is 2.53. The standard InChI is InChI=1S/C10H17N3OS/c11-7-10-13-12-9(15-10)5-4-8-3-1-2-6-14-8/h8H,1-7,11H2. The summed E-state index contributed by atoms with van der Waals surface area (Å²) in [6.07, 6.45) is 6.19. The highest BCUT2D eigenvalue weighted by molar-refractivity contribution is 7.11. The van der Waals surface area contributed by atoms with E-state index in [1.807, 2.05) is 0 Å². The smallest absolute Gasteiger partial charge is 0.131 e. The van der Waals surface area contributed by atoms with Gasteiger partial charge < -0.3 is 10.5 Å². The second kappa shape index (κ2) is 5.53. The largest absolute Gasteiger partial charge is 0.378 e. The summed E-state index contributed by atoms with van der Waals surface area (Å²) >= 11 is 1.62. The van der Waals surface area contributed by atoms with Crippen LogP contribution in [0.1, 0.15) is 35.7 Å². The van der Waals surface area contributed by atoms with Crippen molar-refractivity contribution in [3.63, 3.8) is 0 Å². The van der Waals surface area contributed by atoms with E-state index in [9.17, 15) is 0 Å². The number of nitrogens with zero attached hydrogens (tertiary/aromatic N) is 2. The maximum Gasteiger partial charge on any atom is 0.131 e. The third-order valence-corrected chi connectivity index (χ3v) is 3.64. The Morgan fingerprint density at radius 3 is 2.87 bits per heavy atom. The highest BCUT2D eigenvalue weighted by atomic mass is 32.1. The van der Waals surface area contributed by atoms with Crippen molar-refractivity contribution < 1.29 is 4.74 Å². The van der Waals surface area contributed by atoms with Gasteiger partial charge in [0.25, 0.3) is 0 Å². The molecule has 0 amide bonds. The number of nitrogens with two attached hydrogens (primary N) is 1. The summed E-state index contributed by atoms with van der Waals surface area (Å²) in [5, 5.41) is 10.1. The van der Waals surface area contributed by atoms with E-state index in [1.54, 1.807) is 11.3 Å². The van der Waals surface area contributed by atoms with Crippen LogP contribution in [0.5, 0.6) is 0 Å². The van der Waals surface area contributed by atoms with Crippen molar-refractivity contribution in [1.29, 1.82) is 0 Å². The Labute approximate surface area is 93.8 Å². The summed E-state index contributed by atoms with van der Waals surface area (Å²) in [6.45, 7) is 1.42. The van der Waals surface area contributed by atoms with E-state index >= 15 is 0 Å². The molecule has 2 heterocycles. The predicted molar refractivity (Wildman–Crippen MR) is 59.7 cm³/mol. The molecule has 0 saturated carbocycles. The van der Waals surface area contributed by atoms with Gasteiger partial charge in [-0.15, -0.1) is 21.5 Å². The average Bonchev–Trinajstić information content (AvgIpc) is 2.76. The Bertz CT molecular complexity index is 297. The van der Waals surface area contributed by atoms with Crippen molar-refractivity contribution in [2.24, 2.45) is 5.73 Å². The summed E-state index contributed by atoms with van der Waals surface area (Å²) in [6, 6.07) is 0. The van der Waals surface area contributed by atoms with Crippen molar-refractivity contribution in [2.45, 2.75) is 44.8 Å². The molecule has 1 aliphatic rings. The first-order valence-electron chi connectivity index (χ1n) is 5.51. The Hall–Kier alpha value is -0.520. The summed E-state index contributed by atoms with van der Waals surface area (Å²) in [5.41, 5.74) is 5.49. The molecule has 1 aliphatic heterocycles. The van der Waals surface area contributed by atoms with E-state index in [-0.39, 0.29) is 0 Å². The Morgan fingerprint density at radius 1 is 1.33 bits per heavy atom. The van der Waals surface area contributed by atoms with E-state index < -0.39 is 0 Å². The number of aryl methyl sites for hydroxylation is 1. The molecule has 1 fully saturated rings. The van der Waals surface area contributed by atoms with E-state index in [1.165, 1.54) is 19.3 Å². The molecule has 0 aromatic carbocycles. The lowest BCUT2D eigenvalue weighted by Crippen LogP contribution is -2.19. The van der Waals surface area contributed by atoms with E-state index in [2.05, 4.69) is 10.2 Å². The van der Waals surface area contributed by atoms with Gasteiger partial charge in [0, 0.05) is 19.6 Å². The van der Waals surface area contributed by atoms with Gasteiger partial charge in [-0.3, -0.25) is 0 Å². The second-order valence-corrected chi connectivity index (χ2v) is 4.97. The number of rotatable bonds is 4. The summed E-state index contributed by atoms with van der Waals surface area (Å²) in [7, 11) is 0. The van der Waals surface area contributed by atoms with Crippen molar-refractivity contribution in [2.75, 3.05) is 6.61 Å². The average molecular weight is 227 g/mol. The van der Waals surface area contributed by atoms with E-state index in [0.29, 0.717) is 12.6 Å². The van der Waals surface area contributed by atoms with Crippen LogP contribution in [0.4, 0.5) is 0 Å². The van der Waals surface area contributed by atoms with Gasteiger partial charge >= 0.3 is 0 Å². The minimum atomic E-state index is 0.434. The number of hydrogen-bond donors (Lipinski definition) is 1. The molecule has 1 aromatic heterocycles. The molecule has 0 aliphatic carbocycles. The lowest BCUT2D eigenvalue weighted by Gasteiger charge is -2.21. The first-order valence-corrected chi connectivity index (χ1v) is 6.33. The molecule has 2 rings (SSSR count). The molecule has 0 spiro atoms. The molecule has 1 saturated heterocycles. The SMILES string of the molecule is NCc1nnc(CCC2CCCCO2)s1. The van der Waals surface area contributed by atoms with Crippen LogP contribution in [0.25, 0.3) is 0 Å². The normalized spacial score (nSPS) is 21.8. The maximum absolute atomic E-state index is 5.66. The van der Waals surface area contributed by atoms with Gasteiger partial charge in [0.15, 0.2) is 0 Å². The van der Waals surface area contributed by atoms with Gasteiger partial charge in [-0.25, -0.2) is 0 Å². The minimum Gasteiger partial charge on any atom is -0.378 e. The fraction of sp³-hybridized carbons (Fsp3) is 0.800. The topological polar surface area (TPSA) is 61.0 Å². The van der Waals surface area contributed by atoms with Crippen LogP contribution in [0.2, 0.25) is 0 Å².